The van der Waals surface area contributed by atoms with E-state index in [0.29, 0.717) is 37.4 Å². The Labute approximate surface area is 127 Å². The fraction of sp³-hybridized carbons (Fsp3) is 0.625. The minimum Gasteiger partial charge on any atom is -0.490 e. The zero-order valence-corrected chi connectivity index (χ0v) is 13.6. The van der Waals surface area contributed by atoms with E-state index in [1.807, 2.05) is 26.8 Å². The van der Waals surface area contributed by atoms with Crippen LogP contribution >= 0.6 is 11.6 Å². The lowest BCUT2D eigenvalue weighted by Crippen LogP contribution is -2.06. The molecule has 0 heterocycles. The summed E-state index contributed by atoms with van der Waals surface area (Å²) in [5, 5.41) is 0. The van der Waals surface area contributed by atoms with E-state index in [9.17, 15) is 0 Å². The van der Waals surface area contributed by atoms with Crippen LogP contribution in [0.3, 0.4) is 0 Å². The van der Waals surface area contributed by atoms with Gasteiger partial charge in [-0.1, -0.05) is 13.0 Å². The smallest absolute Gasteiger partial charge is 0.203 e. The Morgan fingerprint density at radius 1 is 0.950 bits per heavy atom. The van der Waals surface area contributed by atoms with E-state index in [1.54, 1.807) is 0 Å². The van der Waals surface area contributed by atoms with Gasteiger partial charge in [0, 0.05) is 11.4 Å². The van der Waals surface area contributed by atoms with Gasteiger partial charge in [-0.2, -0.15) is 0 Å². The van der Waals surface area contributed by atoms with Crippen molar-refractivity contribution in [2.75, 3.05) is 25.7 Å². The van der Waals surface area contributed by atoms with Crippen molar-refractivity contribution in [3.63, 3.8) is 0 Å². The second-order valence-corrected chi connectivity index (χ2v) is 4.87. The largest absolute Gasteiger partial charge is 0.490 e. The predicted octanol–water partition coefficient (Wildman–Crippen LogP) is 4.62. The first kappa shape index (κ1) is 17.0. The highest BCUT2D eigenvalue weighted by atomic mass is 35.5. The number of alkyl halides is 1. The molecule has 4 heteroatoms. The second-order valence-electron chi connectivity index (χ2n) is 4.49. The summed E-state index contributed by atoms with van der Waals surface area (Å²) in [6.07, 6.45) is 0.904. The molecule has 0 aliphatic rings. The molecule has 0 aliphatic heterocycles. The molecule has 1 rings (SSSR count). The van der Waals surface area contributed by atoms with Crippen LogP contribution in [0, 0.1) is 0 Å². The number of halogens is 1. The minimum atomic E-state index is 0.323. The van der Waals surface area contributed by atoms with Crippen molar-refractivity contribution in [3.8, 4) is 17.2 Å². The summed E-state index contributed by atoms with van der Waals surface area (Å²) >= 11 is 5.86. The molecule has 0 saturated heterocycles. The summed E-state index contributed by atoms with van der Waals surface area (Å²) < 4.78 is 17.2. The number of ether oxygens (including phenoxy) is 3. The Balaban J connectivity index is 3.26. The quantitative estimate of drug-likeness (QED) is 0.623. The van der Waals surface area contributed by atoms with Gasteiger partial charge in [0.25, 0.3) is 0 Å². The van der Waals surface area contributed by atoms with E-state index >= 15 is 0 Å². The maximum Gasteiger partial charge on any atom is 0.203 e. The van der Waals surface area contributed by atoms with Crippen molar-refractivity contribution in [2.24, 2.45) is 0 Å². The van der Waals surface area contributed by atoms with Gasteiger partial charge in [0.05, 0.1) is 19.8 Å². The van der Waals surface area contributed by atoms with Crippen molar-refractivity contribution in [3.05, 3.63) is 17.7 Å². The monoisotopic (exact) mass is 300 g/mol. The molecule has 0 spiro atoms. The van der Waals surface area contributed by atoms with Gasteiger partial charge in [0.15, 0.2) is 11.5 Å². The van der Waals surface area contributed by atoms with E-state index in [0.717, 1.165) is 23.5 Å². The molecule has 20 heavy (non-hydrogen) atoms. The molecule has 0 N–H and O–H groups in total. The van der Waals surface area contributed by atoms with Crippen LogP contribution < -0.4 is 14.2 Å². The normalized spacial score (nSPS) is 12.1. The SMILES string of the molecule is CCOc1ccc(C(C)CCCl)c(OCC)c1OCC. The lowest BCUT2D eigenvalue weighted by atomic mass is 9.97. The van der Waals surface area contributed by atoms with Crippen LogP contribution in [-0.4, -0.2) is 25.7 Å². The van der Waals surface area contributed by atoms with Crippen LogP contribution in [0.2, 0.25) is 0 Å². The van der Waals surface area contributed by atoms with Crippen LogP contribution in [0.15, 0.2) is 12.1 Å². The van der Waals surface area contributed by atoms with Crippen LogP contribution in [0.4, 0.5) is 0 Å². The summed E-state index contributed by atoms with van der Waals surface area (Å²) in [7, 11) is 0. The molecule has 0 radical (unpaired) electrons. The lowest BCUT2D eigenvalue weighted by Gasteiger charge is -2.21. The number of benzene rings is 1. The van der Waals surface area contributed by atoms with E-state index < -0.39 is 0 Å². The molecule has 0 bridgehead atoms. The van der Waals surface area contributed by atoms with Crippen molar-refractivity contribution in [1.29, 1.82) is 0 Å². The van der Waals surface area contributed by atoms with Gasteiger partial charge in [-0.3, -0.25) is 0 Å². The van der Waals surface area contributed by atoms with Gasteiger partial charge < -0.3 is 14.2 Å². The first-order valence-corrected chi connectivity index (χ1v) is 7.84. The fourth-order valence-corrected chi connectivity index (χ4v) is 2.44. The van der Waals surface area contributed by atoms with Gasteiger partial charge in [0.2, 0.25) is 5.75 Å². The Bertz CT molecular complexity index is 407. The average molecular weight is 301 g/mol. The summed E-state index contributed by atoms with van der Waals surface area (Å²) in [6, 6.07) is 4.01. The Kier molecular flexibility index (Phi) is 7.60. The van der Waals surface area contributed by atoms with E-state index in [1.165, 1.54) is 0 Å². The van der Waals surface area contributed by atoms with E-state index in [-0.39, 0.29) is 0 Å². The molecule has 1 aromatic carbocycles. The highest BCUT2D eigenvalue weighted by Crippen LogP contribution is 2.43. The minimum absolute atomic E-state index is 0.323. The molecule has 0 amide bonds. The van der Waals surface area contributed by atoms with E-state index in [4.69, 9.17) is 25.8 Å². The predicted molar refractivity (Wildman–Crippen MR) is 83.7 cm³/mol. The van der Waals surface area contributed by atoms with E-state index in [2.05, 4.69) is 13.0 Å². The van der Waals surface area contributed by atoms with Crippen molar-refractivity contribution >= 4 is 11.6 Å². The Hall–Kier alpha value is -1.09. The zero-order valence-electron chi connectivity index (χ0n) is 12.9. The molecule has 0 aromatic heterocycles. The summed E-state index contributed by atoms with van der Waals surface area (Å²) in [5.74, 6) is 3.18. The third kappa shape index (κ3) is 4.20. The highest BCUT2D eigenvalue weighted by Gasteiger charge is 2.20. The molecule has 0 saturated carbocycles. The maximum absolute atomic E-state index is 5.86. The van der Waals surface area contributed by atoms with Gasteiger partial charge >= 0.3 is 0 Å². The molecule has 1 aromatic rings. The summed E-state index contributed by atoms with van der Waals surface area (Å²) in [4.78, 5) is 0. The number of hydrogen-bond donors (Lipinski definition) is 0. The molecule has 0 aliphatic carbocycles. The Morgan fingerprint density at radius 3 is 2.10 bits per heavy atom. The topological polar surface area (TPSA) is 27.7 Å². The average Bonchev–Trinajstić information content (AvgIpc) is 2.43. The molecule has 114 valence electrons. The van der Waals surface area contributed by atoms with Gasteiger partial charge in [-0.25, -0.2) is 0 Å². The first-order valence-electron chi connectivity index (χ1n) is 7.30. The van der Waals surface area contributed by atoms with Crippen molar-refractivity contribution in [2.45, 2.75) is 40.0 Å². The standard InChI is InChI=1S/C16H25ClO3/c1-5-18-14-9-8-13(12(4)10-11-17)15(19-6-2)16(14)20-7-3/h8-9,12H,5-7,10-11H2,1-4H3. The summed E-state index contributed by atoms with van der Waals surface area (Å²) in [6.45, 7) is 9.81. The molecule has 1 unspecified atom stereocenters. The molecule has 1 atom stereocenters. The fourth-order valence-electron chi connectivity index (χ4n) is 2.11. The second kappa shape index (κ2) is 8.96. The maximum atomic E-state index is 5.86. The molecular weight excluding hydrogens is 276 g/mol. The first-order chi connectivity index (χ1) is 9.69. The number of hydrogen-bond acceptors (Lipinski definition) is 3. The Morgan fingerprint density at radius 2 is 1.55 bits per heavy atom. The zero-order chi connectivity index (χ0) is 15.0. The van der Waals surface area contributed by atoms with Gasteiger partial charge in [0.1, 0.15) is 0 Å². The van der Waals surface area contributed by atoms with Crippen LogP contribution in [0.25, 0.3) is 0 Å². The number of rotatable bonds is 9. The highest BCUT2D eigenvalue weighted by molar-refractivity contribution is 6.17. The van der Waals surface area contributed by atoms with Crippen LogP contribution in [0.1, 0.15) is 45.6 Å². The third-order valence-corrected chi connectivity index (χ3v) is 3.27. The van der Waals surface area contributed by atoms with Crippen LogP contribution in [0.5, 0.6) is 17.2 Å². The van der Waals surface area contributed by atoms with Gasteiger partial charge in [-0.15, -0.1) is 11.6 Å². The summed E-state index contributed by atoms with van der Waals surface area (Å²) in [5.41, 5.74) is 1.12. The molecule has 0 fully saturated rings. The van der Waals surface area contributed by atoms with Crippen molar-refractivity contribution in [1.82, 2.24) is 0 Å². The molecule has 3 nitrogen and oxygen atoms in total. The molecular formula is C16H25ClO3. The van der Waals surface area contributed by atoms with Crippen molar-refractivity contribution < 1.29 is 14.2 Å². The van der Waals surface area contributed by atoms with Crippen LogP contribution in [-0.2, 0) is 0 Å². The third-order valence-electron chi connectivity index (χ3n) is 3.06. The van der Waals surface area contributed by atoms with Gasteiger partial charge in [-0.05, 0) is 39.2 Å². The lowest BCUT2D eigenvalue weighted by molar-refractivity contribution is 0.258.